The first-order chi connectivity index (χ1) is 9.84. The zero-order chi connectivity index (χ0) is 15.6. The van der Waals surface area contributed by atoms with Gasteiger partial charge in [-0.05, 0) is 78.2 Å². The summed E-state index contributed by atoms with van der Waals surface area (Å²) in [6, 6.07) is 0. The lowest BCUT2D eigenvalue weighted by Gasteiger charge is -2.30. The zero-order valence-corrected chi connectivity index (χ0v) is 14.4. The molecule has 0 N–H and O–H groups in total. The summed E-state index contributed by atoms with van der Waals surface area (Å²) in [6.07, 6.45) is 10.8. The predicted molar refractivity (Wildman–Crippen MR) is 90.2 cm³/mol. The molecule has 0 heterocycles. The van der Waals surface area contributed by atoms with E-state index in [-0.39, 0.29) is 5.41 Å². The largest absolute Gasteiger partial charge is 0.294 e. The van der Waals surface area contributed by atoms with Crippen molar-refractivity contribution in [3.05, 3.63) is 34.4 Å². The molecule has 1 fully saturated rings. The van der Waals surface area contributed by atoms with Gasteiger partial charge in [0, 0.05) is 5.41 Å². The molecule has 1 nitrogen and oxygen atoms in total. The third-order valence-electron chi connectivity index (χ3n) is 5.54. The average Bonchev–Trinajstić information content (AvgIpc) is 2.73. The molecule has 0 aromatic rings. The van der Waals surface area contributed by atoms with Crippen LogP contribution in [0.1, 0.15) is 73.1 Å². The van der Waals surface area contributed by atoms with Crippen molar-refractivity contribution in [2.75, 3.05) is 0 Å². The zero-order valence-electron chi connectivity index (χ0n) is 14.4. The van der Waals surface area contributed by atoms with E-state index in [2.05, 4.69) is 40.7 Å². The van der Waals surface area contributed by atoms with Gasteiger partial charge in [-0.2, -0.15) is 0 Å². The summed E-state index contributed by atoms with van der Waals surface area (Å²) in [5.74, 6) is 0.793. The molecule has 2 aliphatic rings. The maximum atomic E-state index is 12.9. The van der Waals surface area contributed by atoms with Crippen LogP contribution in [0.4, 0.5) is 0 Å². The van der Waals surface area contributed by atoms with Gasteiger partial charge in [-0.25, -0.2) is 0 Å². The maximum Gasteiger partial charge on any atom is 0.162 e. The molecule has 2 rings (SSSR count). The Hall–Kier alpha value is -1.11. The van der Waals surface area contributed by atoms with Crippen LogP contribution in [0.5, 0.6) is 0 Å². The number of hydrogen-bond acceptors (Lipinski definition) is 1. The van der Waals surface area contributed by atoms with Crippen LogP contribution in [-0.4, -0.2) is 5.78 Å². The molecule has 0 saturated heterocycles. The molecule has 0 aromatic heterocycles. The predicted octanol–water partition coefficient (Wildman–Crippen LogP) is 5.77. The lowest BCUT2D eigenvalue weighted by Crippen LogP contribution is -2.31. The molecule has 1 saturated carbocycles. The van der Waals surface area contributed by atoms with E-state index in [4.69, 9.17) is 0 Å². The number of fused-ring (bicyclic) bond motifs is 1. The Morgan fingerprint density at radius 1 is 1.14 bits per heavy atom. The van der Waals surface area contributed by atoms with Crippen molar-refractivity contribution in [2.45, 2.75) is 73.1 Å². The molecular weight excluding hydrogens is 256 g/mol. The van der Waals surface area contributed by atoms with Crippen molar-refractivity contribution >= 4 is 5.78 Å². The van der Waals surface area contributed by atoms with Crippen LogP contribution in [0.15, 0.2) is 34.4 Å². The van der Waals surface area contributed by atoms with Crippen LogP contribution in [0.3, 0.4) is 0 Å². The van der Waals surface area contributed by atoms with E-state index in [1.807, 2.05) is 6.08 Å². The van der Waals surface area contributed by atoms with Gasteiger partial charge in [0.25, 0.3) is 0 Å². The van der Waals surface area contributed by atoms with Crippen LogP contribution < -0.4 is 0 Å². The second-order valence-electron chi connectivity index (χ2n) is 7.48. The number of carbonyl (C=O) groups is 1. The third-order valence-corrected chi connectivity index (χ3v) is 5.54. The molecule has 2 atom stereocenters. The second kappa shape index (κ2) is 6.34. The topological polar surface area (TPSA) is 17.1 Å². The maximum absolute atomic E-state index is 12.9. The Balaban J connectivity index is 2.42. The molecule has 0 spiro atoms. The fourth-order valence-corrected chi connectivity index (χ4v) is 3.99. The molecule has 21 heavy (non-hydrogen) atoms. The van der Waals surface area contributed by atoms with Crippen molar-refractivity contribution in [1.29, 1.82) is 0 Å². The second-order valence-corrected chi connectivity index (χ2v) is 7.48. The quantitative estimate of drug-likeness (QED) is 0.516. The SMILES string of the molecule is CC(C)=C1CC[C@@]2(C)C(=O)/C=C(\C)CC/C=C(/C)CC[C@H]12. The highest BCUT2D eigenvalue weighted by Gasteiger charge is 2.46. The standard InChI is InChI=1S/C20H30O/c1-14(2)17-11-12-20(5)18(17)10-9-15(3)7-6-8-16(4)13-19(20)21/h7,13,18H,6,8-12H2,1-5H3/b15-7-,16-13+/t18-,20-/m1/s1. The van der Waals surface area contributed by atoms with Gasteiger partial charge in [0.2, 0.25) is 0 Å². The van der Waals surface area contributed by atoms with Crippen molar-refractivity contribution < 1.29 is 4.79 Å². The number of carbonyl (C=O) groups excluding carboxylic acids is 1. The lowest BCUT2D eigenvalue weighted by molar-refractivity contribution is -0.124. The van der Waals surface area contributed by atoms with Crippen molar-refractivity contribution in [3.63, 3.8) is 0 Å². The minimum Gasteiger partial charge on any atom is -0.294 e. The monoisotopic (exact) mass is 286 g/mol. The van der Waals surface area contributed by atoms with Crippen LogP contribution in [0.25, 0.3) is 0 Å². The number of hydrogen-bond donors (Lipinski definition) is 0. The van der Waals surface area contributed by atoms with Crippen LogP contribution in [-0.2, 0) is 4.79 Å². The van der Waals surface area contributed by atoms with Crippen molar-refractivity contribution in [3.8, 4) is 0 Å². The summed E-state index contributed by atoms with van der Waals surface area (Å²) in [4.78, 5) is 12.9. The molecule has 0 aromatic carbocycles. The Bertz CT molecular complexity index is 514. The molecule has 0 amide bonds. The molecule has 0 radical (unpaired) electrons. The first-order valence-corrected chi connectivity index (χ1v) is 8.38. The Kier molecular flexibility index (Phi) is 4.91. The molecule has 2 aliphatic carbocycles. The molecule has 1 heteroatoms. The average molecular weight is 286 g/mol. The van der Waals surface area contributed by atoms with Crippen molar-refractivity contribution in [2.24, 2.45) is 11.3 Å². The summed E-state index contributed by atoms with van der Waals surface area (Å²) in [5, 5.41) is 0. The van der Waals surface area contributed by atoms with Crippen molar-refractivity contribution in [1.82, 2.24) is 0 Å². The summed E-state index contributed by atoms with van der Waals surface area (Å²) >= 11 is 0. The molecule has 116 valence electrons. The fraction of sp³-hybridized carbons (Fsp3) is 0.650. The summed E-state index contributed by atoms with van der Waals surface area (Å²) in [6.45, 7) is 11.0. The van der Waals surface area contributed by atoms with E-state index in [1.54, 1.807) is 5.57 Å². The molecule has 0 unspecified atom stereocenters. The Morgan fingerprint density at radius 3 is 2.52 bits per heavy atom. The smallest absolute Gasteiger partial charge is 0.162 e. The minimum absolute atomic E-state index is 0.182. The Labute approximate surface area is 130 Å². The normalized spacial score (nSPS) is 36.1. The van der Waals surface area contributed by atoms with Crippen LogP contribution in [0, 0.1) is 11.3 Å². The minimum atomic E-state index is -0.182. The highest BCUT2D eigenvalue weighted by molar-refractivity contribution is 5.96. The van der Waals surface area contributed by atoms with E-state index in [9.17, 15) is 4.79 Å². The lowest BCUT2D eigenvalue weighted by atomic mass is 9.72. The van der Waals surface area contributed by atoms with Gasteiger partial charge in [-0.3, -0.25) is 4.79 Å². The Morgan fingerprint density at radius 2 is 1.86 bits per heavy atom. The van der Waals surface area contributed by atoms with Gasteiger partial charge >= 0.3 is 0 Å². The van der Waals surface area contributed by atoms with Gasteiger partial charge < -0.3 is 0 Å². The molecule has 0 bridgehead atoms. The first-order valence-electron chi connectivity index (χ1n) is 8.38. The summed E-state index contributed by atoms with van der Waals surface area (Å²) < 4.78 is 0. The summed E-state index contributed by atoms with van der Waals surface area (Å²) in [5.41, 5.74) is 5.51. The van der Waals surface area contributed by atoms with E-state index in [1.165, 1.54) is 16.7 Å². The van der Waals surface area contributed by atoms with Gasteiger partial charge in [0.1, 0.15) is 0 Å². The third kappa shape index (κ3) is 3.39. The van der Waals surface area contributed by atoms with Gasteiger partial charge in [0.05, 0.1) is 0 Å². The number of ketones is 1. The number of rotatable bonds is 0. The van der Waals surface area contributed by atoms with E-state index >= 15 is 0 Å². The van der Waals surface area contributed by atoms with E-state index in [0.717, 1.165) is 38.5 Å². The summed E-state index contributed by atoms with van der Waals surface area (Å²) in [7, 11) is 0. The van der Waals surface area contributed by atoms with Gasteiger partial charge in [-0.15, -0.1) is 0 Å². The van der Waals surface area contributed by atoms with Crippen LogP contribution >= 0.6 is 0 Å². The first kappa shape index (κ1) is 16.3. The van der Waals surface area contributed by atoms with E-state index in [0.29, 0.717) is 11.7 Å². The molecule has 0 aliphatic heterocycles. The highest BCUT2D eigenvalue weighted by Crippen LogP contribution is 2.51. The highest BCUT2D eigenvalue weighted by atomic mass is 16.1. The fourth-order valence-electron chi connectivity index (χ4n) is 3.99. The number of allylic oxidation sites excluding steroid dienone is 6. The molecular formula is C20H30O. The van der Waals surface area contributed by atoms with Crippen LogP contribution in [0.2, 0.25) is 0 Å². The van der Waals surface area contributed by atoms with Gasteiger partial charge in [0.15, 0.2) is 5.78 Å². The van der Waals surface area contributed by atoms with Gasteiger partial charge in [-0.1, -0.05) is 35.3 Å². The van der Waals surface area contributed by atoms with E-state index < -0.39 is 0 Å².